The predicted octanol–water partition coefficient (Wildman–Crippen LogP) is 2.57. The van der Waals surface area contributed by atoms with E-state index in [2.05, 4.69) is 4.40 Å². The quantitative estimate of drug-likeness (QED) is 0.648. The zero-order valence-corrected chi connectivity index (χ0v) is 10.0. The first kappa shape index (κ1) is 10.3. The van der Waals surface area contributed by atoms with Crippen LogP contribution >= 0.6 is 0 Å². The van der Waals surface area contributed by atoms with Crippen molar-refractivity contribution in [1.82, 2.24) is 0 Å². The Kier molecular flexibility index (Phi) is 2.54. The molecular formula is C11H19NOS. The minimum atomic E-state index is -1.06. The summed E-state index contributed by atoms with van der Waals surface area (Å²) in [4.78, 5) is 0. The summed E-state index contributed by atoms with van der Waals surface area (Å²) in [7, 11) is -1.06. The predicted molar refractivity (Wildman–Crippen MR) is 60.7 cm³/mol. The molecule has 0 N–H and O–H groups in total. The molecule has 3 heteroatoms. The molecule has 0 heterocycles. The van der Waals surface area contributed by atoms with Gasteiger partial charge >= 0.3 is 0 Å². The SMILES string of the molecule is CC(C)(C)[S@@](=O)/N=C/C1C[C@@H]2C[C@@H]2C1. The maximum absolute atomic E-state index is 11.6. The lowest BCUT2D eigenvalue weighted by molar-refractivity contribution is 0.632. The second-order valence-electron chi connectivity index (χ2n) is 5.60. The van der Waals surface area contributed by atoms with E-state index in [0.29, 0.717) is 5.92 Å². The third-order valence-corrected chi connectivity index (χ3v) is 4.53. The van der Waals surface area contributed by atoms with Gasteiger partial charge in [0.05, 0.1) is 4.75 Å². The number of hydrogen-bond acceptors (Lipinski definition) is 1. The summed E-state index contributed by atoms with van der Waals surface area (Å²) in [5.41, 5.74) is 0. The van der Waals surface area contributed by atoms with Gasteiger partial charge in [0, 0.05) is 6.21 Å². The standard InChI is InChI=1S/C11H19NOS/c1-11(2,3)14(13)12-7-8-4-9-6-10(9)5-8/h7-10H,4-6H2,1-3H3/b12-7+/t8?,9-,10+,14-/m1/s1. The van der Waals surface area contributed by atoms with E-state index < -0.39 is 11.0 Å². The third kappa shape index (κ3) is 2.25. The van der Waals surface area contributed by atoms with Crippen LogP contribution in [0.15, 0.2) is 4.40 Å². The third-order valence-electron chi connectivity index (χ3n) is 3.17. The lowest BCUT2D eigenvalue weighted by Gasteiger charge is -2.13. The van der Waals surface area contributed by atoms with Crippen LogP contribution in [0.1, 0.15) is 40.0 Å². The zero-order chi connectivity index (χ0) is 10.3. The van der Waals surface area contributed by atoms with E-state index in [1.54, 1.807) is 0 Å². The number of rotatable bonds is 2. The smallest absolute Gasteiger partial charge is 0.144 e. The van der Waals surface area contributed by atoms with Gasteiger partial charge in [0.15, 0.2) is 0 Å². The molecule has 1 unspecified atom stereocenters. The van der Waals surface area contributed by atoms with Gasteiger partial charge in [0.2, 0.25) is 0 Å². The van der Waals surface area contributed by atoms with Crippen LogP contribution in [-0.4, -0.2) is 15.2 Å². The van der Waals surface area contributed by atoms with Gasteiger partial charge in [-0.05, 0) is 57.8 Å². The van der Waals surface area contributed by atoms with Crippen molar-refractivity contribution in [3.8, 4) is 0 Å². The van der Waals surface area contributed by atoms with Crippen LogP contribution < -0.4 is 0 Å². The minimum Gasteiger partial charge on any atom is -0.234 e. The molecule has 2 nitrogen and oxygen atoms in total. The van der Waals surface area contributed by atoms with E-state index in [-0.39, 0.29) is 4.75 Å². The summed E-state index contributed by atoms with van der Waals surface area (Å²) in [5.74, 6) is 2.58. The van der Waals surface area contributed by atoms with Crippen molar-refractivity contribution in [1.29, 1.82) is 0 Å². The Balaban J connectivity index is 1.85. The lowest BCUT2D eigenvalue weighted by atomic mass is 10.1. The van der Waals surface area contributed by atoms with E-state index in [9.17, 15) is 4.21 Å². The van der Waals surface area contributed by atoms with E-state index in [0.717, 1.165) is 11.8 Å². The molecule has 14 heavy (non-hydrogen) atoms. The van der Waals surface area contributed by atoms with Gasteiger partial charge in [0.25, 0.3) is 0 Å². The molecule has 0 bridgehead atoms. The van der Waals surface area contributed by atoms with Crippen molar-refractivity contribution >= 4 is 17.2 Å². The van der Waals surface area contributed by atoms with Gasteiger partial charge in [-0.2, -0.15) is 4.40 Å². The molecule has 0 aliphatic heterocycles. The Labute approximate surface area is 88.8 Å². The molecule has 0 radical (unpaired) electrons. The first-order valence-electron chi connectivity index (χ1n) is 5.43. The van der Waals surface area contributed by atoms with Gasteiger partial charge in [0.1, 0.15) is 11.0 Å². The Morgan fingerprint density at radius 1 is 1.21 bits per heavy atom. The zero-order valence-electron chi connectivity index (χ0n) is 9.19. The Morgan fingerprint density at radius 3 is 2.29 bits per heavy atom. The van der Waals surface area contributed by atoms with Crippen LogP contribution in [0.2, 0.25) is 0 Å². The Morgan fingerprint density at radius 2 is 1.79 bits per heavy atom. The Hall–Kier alpha value is -0.180. The second kappa shape index (κ2) is 3.44. The summed E-state index contributed by atoms with van der Waals surface area (Å²) in [6.07, 6.45) is 5.96. The number of fused-ring (bicyclic) bond motifs is 1. The highest BCUT2D eigenvalue weighted by atomic mass is 32.2. The van der Waals surface area contributed by atoms with Crippen LogP contribution in [0.5, 0.6) is 0 Å². The Bertz CT molecular complexity index is 270. The van der Waals surface area contributed by atoms with E-state index in [1.165, 1.54) is 19.3 Å². The molecule has 0 aromatic heterocycles. The number of hydrogen-bond donors (Lipinski definition) is 0. The molecule has 0 amide bonds. The fourth-order valence-electron chi connectivity index (χ4n) is 2.18. The highest BCUT2D eigenvalue weighted by Crippen LogP contribution is 2.53. The van der Waals surface area contributed by atoms with Crippen LogP contribution in [0.4, 0.5) is 0 Å². The molecule has 2 aliphatic rings. The normalized spacial score (nSPS) is 38.6. The summed E-state index contributed by atoms with van der Waals surface area (Å²) in [6.45, 7) is 5.89. The van der Waals surface area contributed by atoms with Crippen LogP contribution in [-0.2, 0) is 11.0 Å². The molecule has 0 aromatic rings. The largest absolute Gasteiger partial charge is 0.234 e. The van der Waals surface area contributed by atoms with Gasteiger partial charge in [-0.1, -0.05) is 0 Å². The fraction of sp³-hybridized carbons (Fsp3) is 0.909. The first-order chi connectivity index (χ1) is 6.47. The molecule has 80 valence electrons. The van der Waals surface area contributed by atoms with Crippen LogP contribution in [0, 0.1) is 17.8 Å². The fourth-order valence-corrected chi connectivity index (χ4v) is 2.78. The second-order valence-corrected chi connectivity index (χ2v) is 7.54. The van der Waals surface area contributed by atoms with Gasteiger partial charge < -0.3 is 0 Å². The molecule has 0 aromatic carbocycles. The summed E-state index contributed by atoms with van der Waals surface area (Å²) in [6, 6.07) is 0. The van der Waals surface area contributed by atoms with Gasteiger partial charge in [-0.25, -0.2) is 4.21 Å². The monoisotopic (exact) mass is 213 g/mol. The topological polar surface area (TPSA) is 29.4 Å². The maximum atomic E-state index is 11.6. The molecule has 4 atom stereocenters. The number of nitrogens with zero attached hydrogens (tertiary/aromatic N) is 1. The average molecular weight is 213 g/mol. The summed E-state index contributed by atoms with van der Waals surface area (Å²) < 4.78 is 15.6. The average Bonchev–Trinajstić information content (AvgIpc) is 2.68. The molecule has 2 rings (SSSR count). The maximum Gasteiger partial charge on any atom is 0.144 e. The van der Waals surface area contributed by atoms with Crippen molar-refractivity contribution in [2.24, 2.45) is 22.2 Å². The summed E-state index contributed by atoms with van der Waals surface area (Å²) in [5, 5.41) is 0. The van der Waals surface area contributed by atoms with Gasteiger partial charge in [-0.15, -0.1) is 0 Å². The molecular weight excluding hydrogens is 194 g/mol. The van der Waals surface area contributed by atoms with Crippen molar-refractivity contribution in [2.75, 3.05) is 0 Å². The molecule has 0 spiro atoms. The van der Waals surface area contributed by atoms with Crippen LogP contribution in [0.25, 0.3) is 0 Å². The van der Waals surface area contributed by atoms with E-state index >= 15 is 0 Å². The van der Waals surface area contributed by atoms with Crippen LogP contribution in [0.3, 0.4) is 0 Å². The molecule has 2 fully saturated rings. The lowest BCUT2D eigenvalue weighted by Crippen LogP contribution is -2.20. The van der Waals surface area contributed by atoms with E-state index in [4.69, 9.17) is 0 Å². The molecule has 2 aliphatic carbocycles. The summed E-state index contributed by atoms with van der Waals surface area (Å²) >= 11 is 0. The molecule has 2 saturated carbocycles. The highest BCUT2D eigenvalue weighted by molar-refractivity contribution is 7.85. The minimum absolute atomic E-state index is 0.210. The van der Waals surface area contributed by atoms with Gasteiger partial charge in [-0.3, -0.25) is 0 Å². The van der Waals surface area contributed by atoms with E-state index in [1.807, 2.05) is 27.0 Å². The van der Waals surface area contributed by atoms with Crippen molar-refractivity contribution < 1.29 is 4.21 Å². The molecule has 0 saturated heterocycles. The highest BCUT2D eigenvalue weighted by Gasteiger charge is 2.45. The first-order valence-corrected chi connectivity index (χ1v) is 6.53. The van der Waals surface area contributed by atoms with Crippen molar-refractivity contribution in [3.05, 3.63) is 0 Å². The van der Waals surface area contributed by atoms with Crippen molar-refractivity contribution in [2.45, 2.75) is 44.8 Å². The van der Waals surface area contributed by atoms with Crippen molar-refractivity contribution in [3.63, 3.8) is 0 Å².